The number of carboxylic acids is 1. The van der Waals surface area contributed by atoms with E-state index in [1.54, 1.807) is 11.8 Å². The average Bonchev–Trinajstić information content (AvgIpc) is 2.63. The monoisotopic (exact) mass is 377 g/mol. The summed E-state index contributed by atoms with van der Waals surface area (Å²) in [5.41, 5.74) is 2.10. The van der Waals surface area contributed by atoms with Gasteiger partial charge in [0.25, 0.3) is 0 Å². The second-order valence-corrected chi connectivity index (χ2v) is 6.15. The van der Waals surface area contributed by atoms with Crippen LogP contribution >= 0.6 is 0 Å². The number of anilines is 1. The van der Waals surface area contributed by atoms with Crippen molar-refractivity contribution in [3.8, 4) is 0 Å². The summed E-state index contributed by atoms with van der Waals surface area (Å²) >= 11 is 5.16. The molecule has 1 aromatic rings. The van der Waals surface area contributed by atoms with Gasteiger partial charge < -0.3 is 32.0 Å². The van der Waals surface area contributed by atoms with Gasteiger partial charge in [-0.2, -0.15) is 0 Å². The Morgan fingerprint density at radius 3 is 2.48 bits per heavy atom. The summed E-state index contributed by atoms with van der Waals surface area (Å²) in [5.74, 6) is -0.942. The van der Waals surface area contributed by atoms with Gasteiger partial charge in [-0.25, -0.2) is 18.4 Å². The Kier molecular flexibility index (Phi) is 9.58. The molecule has 0 saturated carbocycles. The van der Waals surface area contributed by atoms with Gasteiger partial charge in [0.1, 0.15) is 15.9 Å². The molecule has 1 aromatic heterocycles. The largest absolute Gasteiger partial charge is 1.00 e. The molecule has 13 heteroatoms. The molecule has 1 aliphatic heterocycles. The molecule has 0 aliphatic carbocycles. The Morgan fingerprint density at radius 1 is 1.43 bits per heavy atom. The van der Waals surface area contributed by atoms with Crippen LogP contribution < -0.4 is 74.5 Å². The van der Waals surface area contributed by atoms with Crippen molar-refractivity contribution in [2.24, 2.45) is 0 Å². The van der Waals surface area contributed by atoms with E-state index in [-0.39, 0.29) is 65.7 Å². The molecule has 2 atom stereocenters. The van der Waals surface area contributed by atoms with E-state index in [4.69, 9.17) is 12.6 Å². The fraction of sp³-hybridized carbons (Fsp3) is 0.400. The summed E-state index contributed by atoms with van der Waals surface area (Å²) in [4.78, 5) is 15.7. The van der Waals surface area contributed by atoms with Crippen LogP contribution in [0.4, 0.5) is 5.82 Å². The number of pyridine rings is 1. The maximum Gasteiger partial charge on any atom is 1.00 e. The number of nitrogens with one attached hydrogen (secondary N) is 1. The van der Waals surface area contributed by atoms with Gasteiger partial charge in [0.05, 0.1) is 23.6 Å². The normalized spacial score (nSPS) is 21.4. The predicted octanol–water partition coefficient (Wildman–Crippen LogP) is -8.45. The van der Waals surface area contributed by atoms with Crippen molar-refractivity contribution >= 4 is 34.5 Å². The molecule has 9 nitrogen and oxygen atoms in total. The molecule has 1 aliphatic rings. The Bertz CT molecular complexity index is 645. The fourth-order valence-electron chi connectivity index (χ4n) is 1.96. The van der Waals surface area contributed by atoms with Gasteiger partial charge in [0, 0.05) is 6.20 Å². The van der Waals surface area contributed by atoms with Crippen molar-refractivity contribution in [1.82, 2.24) is 15.4 Å². The zero-order valence-electron chi connectivity index (χ0n) is 12.8. The molecule has 0 spiro atoms. The van der Waals surface area contributed by atoms with Crippen LogP contribution in [0.25, 0.3) is 0 Å². The number of carboxylic acid groups (broad SMARTS) is 1. The minimum Gasteiger partial charge on any atom is -0.751 e. The van der Waals surface area contributed by atoms with E-state index in [2.05, 4.69) is 10.4 Å². The quantitative estimate of drug-likeness (QED) is 0.307. The molecule has 0 bridgehead atoms. The van der Waals surface area contributed by atoms with Crippen LogP contribution in [0, 0.1) is 0 Å². The summed E-state index contributed by atoms with van der Waals surface area (Å²) in [7, 11) is -4.57. The topological polar surface area (TPSA) is 129 Å². The van der Waals surface area contributed by atoms with E-state index >= 15 is 0 Å². The first-order valence-electron chi connectivity index (χ1n) is 5.79. The Hall–Kier alpha value is 0.600. The van der Waals surface area contributed by atoms with Gasteiger partial charge in [0.15, 0.2) is 0 Å². The van der Waals surface area contributed by atoms with Crippen LogP contribution in [-0.2, 0) is 27.5 Å². The molecular weight excluding hydrogens is 366 g/mol. The number of hydrazine groups is 1. The first-order valence-corrected chi connectivity index (χ1v) is 7.67. The van der Waals surface area contributed by atoms with Crippen molar-refractivity contribution in [2.75, 3.05) is 11.4 Å². The third kappa shape index (κ3) is 5.82. The average molecular weight is 377 g/mol. The van der Waals surface area contributed by atoms with Crippen LogP contribution in [0.15, 0.2) is 23.2 Å². The number of carbonyl (C=O) groups is 1. The smallest absolute Gasteiger partial charge is 0.751 e. The van der Waals surface area contributed by atoms with Crippen molar-refractivity contribution in [3.05, 3.63) is 18.3 Å². The van der Waals surface area contributed by atoms with E-state index in [9.17, 15) is 22.9 Å². The summed E-state index contributed by atoms with van der Waals surface area (Å²) in [5, 5.41) is 12.0. The maximum absolute atomic E-state index is 10.8. The third-order valence-electron chi connectivity index (χ3n) is 2.96. The molecule has 1 N–H and O–H groups in total. The Morgan fingerprint density at radius 2 is 2.04 bits per heavy atom. The number of aliphatic carboxylic acids is 1. The minimum atomic E-state index is -4.57. The van der Waals surface area contributed by atoms with Crippen molar-refractivity contribution in [1.29, 1.82) is 0 Å². The summed E-state index contributed by atoms with van der Waals surface area (Å²) in [6.45, 7) is 1.33. The molecule has 0 aromatic carbocycles. The zero-order chi connectivity index (χ0) is 15.8. The second-order valence-electron chi connectivity index (χ2n) is 4.33. The molecule has 2 unspecified atom stereocenters. The van der Waals surface area contributed by atoms with Gasteiger partial charge in [-0.15, -0.1) is 0 Å². The molecular formula is C10H11N4Na2O5S2-. The van der Waals surface area contributed by atoms with Crippen LogP contribution in [0.1, 0.15) is 6.92 Å². The molecule has 23 heavy (non-hydrogen) atoms. The summed E-state index contributed by atoms with van der Waals surface area (Å²) < 4.78 is 32.5. The number of hydrogen-bond acceptors (Lipinski definition) is 10. The van der Waals surface area contributed by atoms with Crippen molar-refractivity contribution < 1.29 is 82.0 Å². The zero-order valence-corrected chi connectivity index (χ0v) is 18.4. The Balaban J connectivity index is 0.00000242. The Labute approximate surface area is 183 Å². The van der Waals surface area contributed by atoms with Crippen LogP contribution in [0.5, 0.6) is 0 Å². The van der Waals surface area contributed by atoms with Crippen LogP contribution in [0.3, 0.4) is 0 Å². The number of carbonyl (C=O) groups excluding carboxylic acids is 1. The first-order chi connectivity index (χ1) is 9.70. The number of hydrogen-bond donors (Lipinski definition) is 1. The van der Waals surface area contributed by atoms with E-state index in [0.717, 1.165) is 12.3 Å². The first kappa shape index (κ1) is 23.6. The fourth-order valence-corrected chi connectivity index (χ4v) is 2.80. The molecule has 1 saturated heterocycles. The number of rotatable bonds is 4. The standard InChI is InChI=1S/C10H14N4O5S2.2Na/c1-6-13(5-9(15)16)12-10(20)14(6)8-3-2-7(4-11-8)21(17,18)19;;/h2-4,6,10,12,20H,5H2,1H3,(H,15,16)(H,17,18,19);;/q;2*+1/p-3. The van der Waals surface area contributed by atoms with E-state index in [1.807, 2.05) is 0 Å². The molecule has 2 rings (SSSR count). The minimum absolute atomic E-state index is 0. The predicted molar refractivity (Wildman–Crippen MR) is 70.1 cm³/mol. The SMILES string of the molecule is CC1N(CC(=O)[O-])NC([S-])N1c1ccc(S(=O)(=O)[O-])cn1.[Na+].[Na+]. The van der Waals surface area contributed by atoms with Gasteiger partial charge >= 0.3 is 59.1 Å². The van der Waals surface area contributed by atoms with E-state index in [1.165, 1.54) is 11.1 Å². The molecule has 116 valence electrons. The van der Waals surface area contributed by atoms with Crippen LogP contribution in [-0.4, -0.2) is 47.1 Å². The van der Waals surface area contributed by atoms with Crippen molar-refractivity contribution in [3.63, 3.8) is 0 Å². The van der Waals surface area contributed by atoms with Gasteiger partial charge in [0.2, 0.25) is 0 Å². The van der Waals surface area contributed by atoms with Crippen molar-refractivity contribution in [2.45, 2.75) is 23.5 Å². The van der Waals surface area contributed by atoms with Gasteiger partial charge in [-0.3, -0.25) is 5.43 Å². The van der Waals surface area contributed by atoms with E-state index < -0.39 is 32.6 Å². The number of aromatic nitrogens is 1. The van der Waals surface area contributed by atoms with Crippen LogP contribution in [0.2, 0.25) is 0 Å². The maximum atomic E-state index is 10.8. The van der Waals surface area contributed by atoms with Gasteiger partial charge in [-0.05, 0) is 24.6 Å². The van der Waals surface area contributed by atoms with Gasteiger partial charge in [-0.1, -0.05) is 0 Å². The summed E-state index contributed by atoms with van der Waals surface area (Å²) in [6.07, 6.45) is 0.501. The van der Waals surface area contributed by atoms with E-state index in [0.29, 0.717) is 5.82 Å². The molecule has 1 fully saturated rings. The summed E-state index contributed by atoms with van der Waals surface area (Å²) in [6, 6.07) is 2.46. The molecule has 2 heterocycles. The second kappa shape index (κ2) is 9.34. The molecule has 0 amide bonds. The third-order valence-corrected chi connectivity index (χ3v) is 4.11. The molecule has 0 radical (unpaired) electrons. The number of nitrogens with zero attached hydrogens (tertiary/aromatic N) is 3.